The van der Waals surface area contributed by atoms with E-state index in [0.717, 1.165) is 49.9 Å². The normalized spacial score (nSPS) is 10.6. The van der Waals surface area contributed by atoms with Crippen LogP contribution < -0.4 is 15.4 Å². The van der Waals surface area contributed by atoms with Gasteiger partial charge in [0.15, 0.2) is 0 Å². The van der Waals surface area contributed by atoms with Gasteiger partial charge in [0.05, 0.1) is 12.3 Å². The lowest BCUT2D eigenvalue weighted by Gasteiger charge is -2.12. The van der Waals surface area contributed by atoms with Gasteiger partial charge in [0.2, 0.25) is 0 Å². The summed E-state index contributed by atoms with van der Waals surface area (Å²) in [6, 6.07) is 16.8. The number of hydrogen-bond acceptors (Lipinski definition) is 5. The topological polar surface area (TPSA) is 72.5 Å². The summed E-state index contributed by atoms with van der Waals surface area (Å²) in [4.78, 5) is 17.8. The first-order valence-corrected chi connectivity index (χ1v) is 12.0. The number of thioether (sulfide) groups is 1. The second-order valence-electron chi connectivity index (χ2n) is 6.97. The molecular formula is C24H26BrN3O3S. The Bertz CT molecular complexity index is 1010. The molecule has 0 aliphatic carbocycles. The highest BCUT2D eigenvalue weighted by Crippen LogP contribution is 2.28. The van der Waals surface area contributed by atoms with E-state index in [4.69, 9.17) is 9.47 Å². The summed E-state index contributed by atoms with van der Waals surface area (Å²) in [6.45, 7) is 3.34. The molecular weight excluding hydrogens is 490 g/mol. The van der Waals surface area contributed by atoms with Crippen molar-refractivity contribution in [3.05, 3.63) is 76.5 Å². The number of anilines is 2. The smallest absolute Gasteiger partial charge is 0.323 e. The van der Waals surface area contributed by atoms with Crippen LogP contribution in [0.25, 0.3) is 0 Å². The van der Waals surface area contributed by atoms with E-state index in [-0.39, 0.29) is 6.03 Å². The molecule has 0 aliphatic heterocycles. The number of pyridine rings is 1. The third kappa shape index (κ3) is 7.55. The Labute approximate surface area is 201 Å². The molecule has 6 nitrogen and oxygen atoms in total. The summed E-state index contributed by atoms with van der Waals surface area (Å²) in [5.41, 5.74) is 3.51. The van der Waals surface area contributed by atoms with E-state index < -0.39 is 0 Å². The van der Waals surface area contributed by atoms with Crippen LogP contribution in [0, 0.1) is 6.92 Å². The van der Waals surface area contributed by atoms with Gasteiger partial charge < -0.3 is 20.1 Å². The zero-order valence-corrected chi connectivity index (χ0v) is 20.5. The molecule has 0 spiro atoms. The number of ether oxygens (including phenoxy) is 2. The van der Waals surface area contributed by atoms with Crippen LogP contribution in [-0.4, -0.2) is 31.3 Å². The number of methoxy groups -OCH3 is 1. The third-order valence-electron chi connectivity index (χ3n) is 4.60. The molecule has 0 radical (unpaired) electrons. The SMILES string of the molecule is COCCCOc1ccnc(CSc2ccc(NC(=O)Nc3ccc(Br)cc3)cc2)c1C. The maximum absolute atomic E-state index is 12.2. The molecule has 0 atom stereocenters. The average Bonchev–Trinajstić information content (AvgIpc) is 2.79. The average molecular weight is 516 g/mol. The number of halogens is 1. The van der Waals surface area contributed by atoms with Crippen LogP contribution in [0.2, 0.25) is 0 Å². The zero-order chi connectivity index (χ0) is 22.8. The van der Waals surface area contributed by atoms with Crippen LogP contribution in [0.5, 0.6) is 5.75 Å². The first-order chi connectivity index (χ1) is 15.5. The molecule has 8 heteroatoms. The molecule has 0 fully saturated rings. The number of aromatic nitrogens is 1. The lowest BCUT2D eigenvalue weighted by Crippen LogP contribution is -2.19. The van der Waals surface area contributed by atoms with Crippen molar-refractivity contribution in [2.24, 2.45) is 0 Å². The Kier molecular flexibility index (Phi) is 9.40. The summed E-state index contributed by atoms with van der Waals surface area (Å²) in [7, 11) is 1.69. The first-order valence-electron chi connectivity index (χ1n) is 10.2. The zero-order valence-electron chi connectivity index (χ0n) is 18.1. The Morgan fingerprint density at radius 1 is 1.00 bits per heavy atom. The maximum atomic E-state index is 12.2. The fraction of sp³-hybridized carbons (Fsp3) is 0.250. The third-order valence-corrected chi connectivity index (χ3v) is 6.15. The molecule has 3 aromatic rings. The molecule has 0 unspecified atom stereocenters. The van der Waals surface area contributed by atoms with Crippen molar-refractivity contribution in [1.82, 2.24) is 4.98 Å². The Balaban J connectivity index is 1.50. The number of nitrogens with one attached hydrogen (secondary N) is 2. The number of urea groups is 1. The molecule has 0 bridgehead atoms. The number of amides is 2. The predicted molar refractivity (Wildman–Crippen MR) is 134 cm³/mol. The Hall–Kier alpha value is -2.55. The molecule has 2 aromatic carbocycles. The van der Waals surface area contributed by atoms with Crippen LogP contribution in [-0.2, 0) is 10.5 Å². The minimum absolute atomic E-state index is 0.283. The number of nitrogens with zero attached hydrogens (tertiary/aromatic N) is 1. The second-order valence-corrected chi connectivity index (χ2v) is 8.94. The maximum Gasteiger partial charge on any atom is 0.323 e. The van der Waals surface area contributed by atoms with E-state index in [1.54, 1.807) is 25.1 Å². The number of benzene rings is 2. The van der Waals surface area contributed by atoms with Gasteiger partial charge >= 0.3 is 6.03 Å². The van der Waals surface area contributed by atoms with Gasteiger partial charge in [0.1, 0.15) is 5.75 Å². The highest BCUT2D eigenvalue weighted by Gasteiger charge is 2.08. The molecule has 0 aliphatic rings. The lowest BCUT2D eigenvalue weighted by atomic mass is 10.2. The van der Waals surface area contributed by atoms with Gasteiger partial charge in [-0.25, -0.2) is 4.79 Å². The van der Waals surface area contributed by atoms with E-state index in [0.29, 0.717) is 13.2 Å². The fourth-order valence-electron chi connectivity index (χ4n) is 2.86. The fourth-order valence-corrected chi connectivity index (χ4v) is 4.05. The van der Waals surface area contributed by atoms with Gasteiger partial charge in [0, 0.05) is 58.4 Å². The van der Waals surface area contributed by atoms with Crippen molar-refractivity contribution < 1.29 is 14.3 Å². The number of carbonyl (C=O) groups is 1. The molecule has 1 heterocycles. The molecule has 32 heavy (non-hydrogen) atoms. The molecule has 2 amide bonds. The van der Waals surface area contributed by atoms with E-state index in [1.165, 1.54) is 0 Å². The van der Waals surface area contributed by atoms with Crippen molar-refractivity contribution in [2.45, 2.75) is 24.0 Å². The summed E-state index contributed by atoms with van der Waals surface area (Å²) in [6.07, 6.45) is 2.63. The molecule has 3 rings (SSSR count). The predicted octanol–water partition coefficient (Wildman–Crippen LogP) is 6.50. The Morgan fingerprint density at radius 3 is 2.31 bits per heavy atom. The lowest BCUT2D eigenvalue weighted by molar-refractivity contribution is 0.172. The van der Waals surface area contributed by atoms with E-state index in [2.05, 4.69) is 31.5 Å². The first kappa shape index (κ1) is 24.1. The Morgan fingerprint density at radius 2 is 1.66 bits per heavy atom. The summed E-state index contributed by atoms with van der Waals surface area (Å²) < 4.78 is 11.9. The highest BCUT2D eigenvalue weighted by molar-refractivity contribution is 9.10. The molecule has 2 N–H and O–H groups in total. The van der Waals surface area contributed by atoms with Crippen molar-refractivity contribution in [1.29, 1.82) is 0 Å². The molecule has 0 saturated heterocycles. The monoisotopic (exact) mass is 515 g/mol. The van der Waals surface area contributed by atoms with E-state index in [9.17, 15) is 4.79 Å². The molecule has 0 saturated carbocycles. The highest BCUT2D eigenvalue weighted by atomic mass is 79.9. The van der Waals surface area contributed by atoms with Gasteiger partial charge in [-0.05, 0) is 61.5 Å². The molecule has 1 aromatic heterocycles. The van der Waals surface area contributed by atoms with Crippen LogP contribution >= 0.6 is 27.7 Å². The number of hydrogen-bond donors (Lipinski definition) is 2. The quantitative estimate of drug-likeness (QED) is 0.238. The van der Waals surface area contributed by atoms with Gasteiger partial charge in [0.25, 0.3) is 0 Å². The van der Waals surface area contributed by atoms with E-state index in [1.807, 2.05) is 61.5 Å². The van der Waals surface area contributed by atoms with E-state index >= 15 is 0 Å². The summed E-state index contributed by atoms with van der Waals surface area (Å²) in [5, 5.41) is 5.65. The van der Waals surface area contributed by atoms with Gasteiger partial charge in [-0.2, -0.15) is 0 Å². The number of rotatable bonds is 10. The van der Waals surface area contributed by atoms with Gasteiger partial charge in [-0.1, -0.05) is 15.9 Å². The molecule has 168 valence electrons. The minimum Gasteiger partial charge on any atom is -0.493 e. The van der Waals surface area contributed by atoms with Gasteiger partial charge in [-0.15, -0.1) is 11.8 Å². The van der Waals surface area contributed by atoms with Gasteiger partial charge in [-0.3, -0.25) is 4.98 Å². The van der Waals surface area contributed by atoms with Crippen LogP contribution in [0.1, 0.15) is 17.7 Å². The standard InChI is InChI=1S/C24H26BrN3O3S/c1-17-22(26-13-12-23(17)31-15-3-14-30-2)16-32-21-10-8-20(9-11-21)28-24(29)27-19-6-4-18(25)5-7-19/h4-13H,3,14-16H2,1-2H3,(H2,27,28,29). The van der Waals surface area contributed by atoms with Crippen molar-refractivity contribution in [2.75, 3.05) is 31.0 Å². The second kappa shape index (κ2) is 12.5. The summed E-state index contributed by atoms with van der Waals surface area (Å²) >= 11 is 5.07. The largest absolute Gasteiger partial charge is 0.493 e. The van der Waals surface area contributed by atoms with Crippen LogP contribution in [0.4, 0.5) is 16.2 Å². The van der Waals surface area contributed by atoms with Crippen molar-refractivity contribution in [3.8, 4) is 5.75 Å². The minimum atomic E-state index is -0.283. The van der Waals surface area contributed by atoms with Crippen molar-refractivity contribution >= 4 is 45.1 Å². The van der Waals surface area contributed by atoms with Crippen LogP contribution in [0.15, 0.2) is 70.2 Å². The summed E-state index contributed by atoms with van der Waals surface area (Å²) in [5.74, 6) is 1.60. The van der Waals surface area contributed by atoms with Crippen LogP contribution in [0.3, 0.4) is 0 Å². The number of carbonyl (C=O) groups excluding carboxylic acids is 1. The van der Waals surface area contributed by atoms with Crippen molar-refractivity contribution in [3.63, 3.8) is 0 Å².